The Morgan fingerprint density at radius 2 is 2.00 bits per heavy atom. The molecule has 0 saturated carbocycles. The Kier molecular flexibility index (Phi) is 3.22. The number of carbonyl (C=O) groups is 1. The van der Waals surface area contributed by atoms with Crippen molar-refractivity contribution in [1.82, 2.24) is 4.98 Å². The SMILES string of the molecule is Cc1cc(F)c2nc(-c3ccc(C)s3)cc(C(=O)O)c2c1. The normalized spacial score (nSPS) is 11.0. The van der Waals surface area contributed by atoms with Gasteiger partial charge in [0.25, 0.3) is 0 Å². The number of pyridine rings is 1. The Bertz CT molecular complexity index is 870. The minimum atomic E-state index is -1.08. The zero-order chi connectivity index (χ0) is 15.1. The Balaban J connectivity index is 2.37. The number of fused-ring (bicyclic) bond motifs is 1. The van der Waals surface area contributed by atoms with E-state index in [2.05, 4.69) is 4.98 Å². The number of benzene rings is 1. The fourth-order valence-electron chi connectivity index (χ4n) is 2.30. The number of aryl methyl sites for hydroxylation is 2. The summed E-state index contributed by atoms with van der Waals surface area (Å²) in [5, 5.41) is 9.72. The van der Waals surface area contributed by atoms with Gasteiger partial charge in [-0.1, -0.05) is 0 Å². The van der Waals surface area contributed by atoms with Crippen LogP contribution in [0.25, 0.3) is 21.5 Å². The Labute approximate surface area is 124 Å². The van der Waals surface area contributed by atoms with Gasteiger partial charge in [0, 0.05) is 10.3 Å². The van der Waals surface area contributed by atoms with Crippen molar-refractivity contribution in [2.24, 2.45) is 0 Å². The predicted octanol–water partition coefficient (Wildman–Crippen LogP) is 4.42. The smallest absolute Gasteiger partial charge is 0.336 e. The first kappa shape index (κ1) is 13.7. The lowest BCUT2D eigenvalue weighted by Gasteiger charge is -2.07. The Morgan fingerprint density at radius 3 is 2.62 bits per heavy atom. The molecule has 2 aromatic heterocycles. The van der Waals surface area contributed by atoms with E-state index in [0.717, 1.165) is 9.75 Å². The summed E-state index contributed by atoms with van der Waals surface area (Å²) in [6.07, 6.45) is 0. The lowest BCUT2D eigenvalue weighted by atomic mass is 10.0. The quantitative estimate of drug-likeness (QED) is 0.762. The number of halogens is 1. The van der Waals surface area contributed by atoms with Crippen LogP contribution in [0.15, 0.2) is 30.3 Å². The number of carboxylic acids is 1. The number of nitrogens with zero attached hydrogens (tertiary/aromatic N) is 1. The molecule has 0 aliphatic carbocycles. The van der Waals surface area contributed by atoms with E-state index in [1.165, 1.54) is 23.5 Å². The van der Waals surface area contributed by atoms with E-state index >= 15 is 0 Å². The number of aromatic nitrogens is 1. The molecule has 21 heavy (non-hydrogen) atoms. The highest BCUT2D eigenvalue weighted by Crippen LogP contribution is 2.31. The van der Waals surface area contributed by atoms with Gasteiger partial charge in [-0.05, 0) is 49.7 Å². The van der Waals surface area contributed by atoms with Gasteiger partial charge in [-0.3, -0.25) is 0 Å². The third-order valence-electron chi connectivity index (χ3n) is 3.23. The van der Waals surface area contributed by atoms with E-state index in [0.29, 0.717) is 16.6 Å². The summed E-state index contributed by atoms with van der Waals surface area (Å²) in [4.78, 5) is 17.7. The molecule has 1 aromatic carbocycles. The summed E-state index contributed by atoms with van der Waals surface area (Å²) in [6, 6.07) is 8.32. The molecule has 106 valence electrons. The number of aromatic carboxylic acids is 1. The summed E-state index contributed by atoms with van der Waals surface area (Å²) >= 11 is 1.50. The molecule has 0 fully saturated rings. The molecule has 5 heteroatoms. The highest BCUT2D eigenvalue weighted by molar-refractivity contribution is 7.15. The van der Waals surface area contributed by atoms with Crippen molar-refractivity contribution < 1.29 is 14.3 Å². The molecule has 0 aliphatic rings. The summed E-state index contributed by atoms with van der Waals surface area (Å²) in [7, 11) is 0. The lowest BCUT2D eigenvalue weighted by Crippen LogP contribution is -2.01. The molecular weight excluding hydrogens is 289 g/mol. The van der Waals surface area contributed by atoms with Gasteiger partial charge in [-0.15, -0.1) is 11.3 Å². The Hall–Kier alpha value is -2.27. The predicted molar refractivity (Wildman–Crippen MR) is 81.4 cm³/mol. The topological polar surface area (TPSA) is 50.2 Å². The van der Waals surface area contributed by atoms with Gasteiger partial charge >= 0.3 is 5.97 Å². The van der Waals surface area contributed by atoms with Gasteiger partial charge in [0.05, 0.1) is 16.1 Å². The van der Waals surface area contributed by atoms with E-state index in [9.17, 15) is 14.3 Å². The number of carboxylic acid groups (broad SMARTS) is 1. The molecule has 2 heterocycles. The van der Waals surface area contributed by atoms with Crippen LogP contribution in [0.4, 0.5) is 4.39 Å². The van der Waals surface area contributed by atoms with Crippen LogP contribution < -0.4 is 0 Å². The molecule has 0 bridgehead atoms. The van der Waals surface area contributed by atoms with Crippen LogP contribution in [0, 0.1) is 19.7 Å². The molecule has 0 spiro atoms. The fourth-order valence-corrected chi connectivity index (χ4v) is 3.12. The zero-order valence-electron chi connectivity index (χ0n) is 11.5. The summed E-state index contributed by atoms with van der Waals surface area (Å²) in [5.74, 6) is -1.58. The maximum Gasteiger partial charge on any atom is 0.336 e. The average molecular weight is 301 g/mol. The maximum atomic E-state index is 14.1. The molecular formula is C16H12FNO2S. The third kappa shape index (κ3) is 2.40. The first-order chi connectivity index (χ1) is 9.95. The average Bonchev–Trinajstić information content (AvgIpc) is 2.84. The summed E-state index contributed by atoms with van der Waals surface area (Å²) in [6.45, 7) is 3.68. The van der Waals surface area contributed by atoms with Crippen molar-refractivity contribution >= 4 is 28.2 Å². The molecule has 1 N–H and O–H groups in total. The highest BCUT2D eigenvalue weighted by Gasteiger charge is 2.16. The Morgan fingerprint density at radius 1 is 1.24 bits per heavy atom. The van der Waals surface area contributed by atoms with Crippen molar-refractivity contribution in [3.63, 3.8) is 0 Å². The highest BCUT2D eigenvalue weighted by atomic mass is 32.1. The molecule has 3 aromatic rings. The van der Waals surface area contributed by atoms with Crippen molar-refractivity contribution in [2.75, 3.05) is 0 Å². The van der Waals surface area contributed by atoms with Crippen molar-refractivity contribution in [3.8, 4) is 10.6 Å². The number of rotatable bonds is 2. The number of hydrogen-bond donors (Lipinski definition) is 1. The third-order valence-corrected chi connectivity index (χ3v) is 4.26. The molecule has 0 saturated heterocycles. The first-order valence-corrected chi connectivity index (χ1v) is 7.18. The summed E-state index contributed by atoms with van der Waals surface area (Å²) < 4.78 is 14.1. The van der Waals surface area contributed by atoms with Gasteiger partial charge in [0.2, 0.25) is 0 Å². The maximum absolute atomic E-state index is 14.1. The van der Waals surface area contributed by atoms with Crippen LogP contribution >= 0.6 is 11.3 Å². The van der Waals surface area contributed by atoms with E-state index < -0.39 is 11.8 Å². The standard InChI is InChI=1S/C16H12FNO2S/c1-8-5-10-11(16(19)20)7-13(14-4-3-9(2)21-14)18-15(10)12(17)6-8/h3-7H,1-2H3,(H,19,20). The molecule has 3 rings (SSSR count). The van der Waals surface area contributed by atoms with Gasteiger partial charge < -0.3 is 5.11 Å². The van der Waals surface area contributed by atoms with Gasteiger partial charge in [-0.2, -0.15) is 0 Å². The molecule has 0 unspecified atom stereocenters. The zero-order valence-corrected chi connectivity index (χ0v) is 12.3. The van der Waals surface area contributed by atoms with E-state index in [-0.39, 0.29) is 11.1 Å². The van der Waals surface area contributed by atoms with Gasteiger partial charge in [0.1, 0.15) is 11.3 Å². The van der Waals surface area contributed by atoms with E-state index in [1.807, 2.05) is 19.1 Å². The molecule has 0 atom stereocenters. The second kappa shape index (κ2) is 4.93. The van der Waals surface area contributed by atoms with Gasteiger partial charge in [0.15, 0.2) is 0 Å². The van der Waals surface area contributed by atoms with E-state index in [4.69, 9.17) is 0 Å². The second-order valence-corrected chi connectivity index (χ2v) is 6.20. The number of hydrogen-bond acceptors (Lipinski definition) is 3. The minimum absolute atomic E-state index is 0.0728. The van der Waals surface area contributed by atoms with Gasteiger partial charge in [-0.25, -0.2) is 14.2 Å². The van der Waals surface area contributed by atoms with E-state index in [1.54, 1.807) is 13.0 Å². The molecule has 0 amide bonds. The van der Waals surface area contributed by atoms with Crippen molar-refractivity contribution in [3.05, 3.63) is 52.2 Å². The van der Waals surface area contributed by atoms with Crippen LogP contribution in [0.5, 0.6) is 0 Å². The van der Waals surface area contributed by atoms with Crippen molar-refractivity contribution in [2.45, 2.75) is 13.8 Å². The van der Waals surface area contributed by atoms with Crippen molar-refractivity contribution in [1.29, 1.82) is 0 Å². The van der Waals surface area contributed by atoms with Crippen LogP contribution in [0.3, 0.4) is 0 Å². The lowest BCUT2D eigenvalue weighted by molar-refractivity contribution is 0.0699. The first-order valence-electron chi connectivity index (χ1n) is 6.36. The van der Waals surface area contributed by atoms with Crippen LogP contribution in [0.1, 0.15) is 20.8 Å². The van der Waals surface area contributed by atoms with Crippen LogP contribution in [-0.4, -0.2) is 16.1 Å². The largest absolute Gasteiger partial charge is 0.478 e. The molecule has 0 aliphatic heterocycles. The van der Waals surface area contributed by atoms with Crippen LogP contribution in [0.2, 0.25) is 0 Å². The monoisotopic (exact) mass is 301 g/mol. The summed E-state index contributed by atoms with van der Waals surface area (Å²) in [5.41, 5.74) is 1.33. The molecule has 0 radical (unpaired) electrons. The number of thiophene rings is 1. The fraction of sp³-hybridized carbons (Fsp3) is 0.125. The minimum Gasteiger partial charge on any atom is -0.478 e. The second-order valence-electron chi connectivity index (χ2n) is 4.91. The van der Waals surface area contributed by atoms with Crippen LogP contribution in [-0.2, 0) is 0 Å². The molecule has 3 nitrogen and oxygen atoms in total.